The van der Waals surface area contributed by atoms with E-state index in [1.165, 1.54) is 39.3 Å². The van der Waals surface area contributed by atoms with Crippen LogP contribution in [0.4, 0.5) is 17.1 Å². The number of hydrogen-bond donors (Lipinski definition) is 0. The summed E-state index contributed by atoms with van der Waals surface area (Å²) in [6.07, 6.45) is 12.2. The highest BCUT2D eigenvalue weighted by molar-refractivity contribution is 5.77. The molecule has 0 unspecified atom stereocenters. The van der Waals surface area contributed by atoms with Gasteiger partial charge >= 0.3 is 0 Å². The largest absolute Gasteiger partial charge is 0.377 e. The van der Waals surface area contributed by atoms with E-state index in [4.69, 9.17) is 9.47 Å². The third-order valence-electron chi connectivity index (χ3n) is 6.55. The van der Waals surface area contributed by atoms with Crippen LogP contribution in [-0.2, 0) is 22.3 Å². The summed E-state index contributed by atoms with van der Waals surface area (Å²) in [7, 11) is 0. The van der Waals surface area contributed by atoms with E-state index in [-0.39, 0.29) is 0 Å². The number of anilines is 3. The van der Waals surface area contributed by atoms with Gasteiger partial charge in [-0.3, -0.25) is 0 Å². The number of ether oxygens (including phenoxy) is 2. The van der Waals surface area contributed by atoms with Gasteiger partial charge in [0.05, 0.1) is 13.2 Å². The van der Waals surface area contributed by atoms with Crippen molar-refractivity contribution in [1.29, 1.82) is 0 Å². The maximum Gasteiger partial charge on any atom is 0.0647 e. The fourth-order valence-corrected chi connectivity index (χ4v) is 4.19. The van der Waals surface area contributed by atoms with Crippen molar-refractivity contribution in [2.75, 3.05) is 31.3 Å². The molecule has 0 fully saturated rings. The number of rotatable bonds is 15. The van der Waals surface area contributed by atoms with Crippen LogP contribution in [0.2, 0.25) is 0 Å². The van der Waals surface area contributed by atoms with Gasteiger partial charge in [-0.05, 0) is 112 Å². The number of nitrogens with zero attached hydrogens (tertiary/aromatic N) is 1. The Labute approximate surface area is 224 Å². The molecule has 3 heteroatoms. The molecule has 3 aromatic rings. The summed E-state index contributed by atoms with van der Waals surface area (Å²) in [6, 6.07) is 24.6. The highest BCUT2D eigenvalue weighted by atomic mass is 16.5. The van der Waals surface area contributed by atoms with Gasteiger partial charge in [-0.15, -0.1) is 0 Å². The van der Waals surface area contributed by atoms with Crippen molar-refractivity contribution in [3.05, 3.63) is 113 Å². The van der Waals surface area contributed by atoms with Crippen LogP contribution in [0, 0.1) is 13.8 Å². The first kappa shape index (κ1) is 28.4. The maximum atomic E-state index is 5.65. The van der Waals surface area contributed by atoms with Crippen LogP contribution in [0.15, 0.2) is 91.0 Å². The Morgan fingerprint density at radius 1 is 0.595 bits per heavy atom. The highest BCUT2D eigenvalue weighted by Gasteiger charge is 2.13. The lowest BCUT2D eigenvalue weighted by molar-refractivity contribution is 0.159. The Morgan fingerprint density at radius 2 is 1.05 bits per heavy atom. The summed E-state index contributed by atoms with van der Waals surface area (Å²) in [5.74, 6) is 0. The molecule has 0 bridgehead atoms. The molecule has 0 radical (unpaired) electrons. The van der Waals surface area contributed by atoms with E-state index in [0.29, 0.717) is 13.2 Å². The van der Waals surface area contributed by atoms with E-state index in [0.717, 1.165) is 38.9 Å². The summed E-state index contributed by atoms with van der Waals surface area (Å²) in [4.78, 5) is 2.35. The molecule has 0 spiro atoms. The number of allylic oxidation sites excluding steroid dienone is 2. The van der Waals surface area contributed by atoms with Gasteiger partial charge in [0.15, 0.2) is 0 Å². The molecule has 0 saturated heterocycles. The molecule has 0 amide bonds. The first-order chi connectivity index (χ1) is 18.1. The zero-order valence-corrected chi connectivity index (χ0v) is 23.1. The number of aryl methyl sites for hydroxylation is 4. The van der Waals surface area contributed by atoms with E-state index >= 15 is 0 Å². The van der Waals surface area contributed by atoms with Crippen LogP contribution in [0.25, 0.3) is 0 Å². The third-order valence-corrected chi connectivity index (χ3v) is 6.55. The van der Waals surface area contributed by atoms with Crippen LogP contribution in [0.5, 0.6) is 0 Å². The standard InChI is InChI=1S/C34H43NO2/c1-5-7-23-36-25-9-11-30-14-19-32(20-15-30)35(34-18-13-28(3)29(4)27-34)33-21-16-31(17-22-33)12-10-26-37-24-8-6-2/h5-8,13-22,27H,9-12,23-26H2,1-4H3. The van der Waals surface area contributed by atoms with E-state index in [1.54, 1.807) is 0 Å². The second-order valence-corrected chi connectivity index (χ2v) is 9.43. The van der Waals surface area contributed by atoms with Crippen molar-refractivity contribution in [2.45, 2.75) is 53.4 Å². The molecule has 0 saturated carbocycles. The van der Waals surface area contributed by atoms with E-state index in [9.17, 15) is 0 Å². The lowest BCUT2D eigenvalue weighted by Gasteiger charge is -2.26. The minimum absolute atomic E-state index is 0.698. The van der Waals surface area contributed by atoms with Crippen LogP contribution in [0.3, 0.4) is 0 Å². The molecule has 3 nitrogen and oxygen atoms in total. The van der Waals surface area contributed by atoms with Crippen LogP contribution in [0.1, 0.15) is 48.9 Å². The van der Waals surface area contributed by atoms with Crippen LogP contribution >= 0.6 is 0 Å². The average molecular weight is 498 g/mol. The van der Waals surface area contributed by atoms with Gasteiger partial charge in [-0.1, -0.05) is 54.6 Å². The minimum Gasteiger partial charge on any atom is -0.377 e. The van der Waals surface area contributed by atoms with Gasteiger partial charge in [-0.2, -0.15) is 0 Å². The second-order valence-electron chi connectivity index (χ2n) is 9.43. The van der Waals surface area contributed by atoms with Crippen LogP contribution < -0.4 is 4.90 Å². The maximum absolute atomic E-state index is 5.65. The van der Waals surface area contributed by atoms with Crippen molar-refractivity contribution >= 4 is 17.1 Å². The van der Waals surface area contributed by atoms with Gasteiger partial charge in [0, 0.05) is 30.3 Å². The quantitative estimate of drug-likeness (QED) is 0.155. The summed E-state index contributed by atoms with van der Waals surface area (Å²) < 4.78 is 11.3. The molecule has 0 aliphatic heterocycles. The van der Waals surface area contributed by atoms with Gasteiger partial charge < -0.3 is 14.4 Å². The molecule has 3 rings (SSSR count). The predicted molar refractivity (Wildman–Crippen MR) is 159 cm³/mol. The summed E-state index contributed by atoms with van der Waals surface area (Å²) in [5.41, 5.74) is 8.80. The molecule has 196 valence electrons. The SMILES string of the molecule is CC=CCOCCCc1ccc(N(c2ccc(CCCOCC=CC)cc2)c2ccc(C)c(C)c2)cc1. The molecule has 0 aromatic heterocycles. The van der Waals surface area contributed by atoms with Crippen molar-refractivity contribution in [2.24, 2.45) is 0 Å². The topological polar surface area (TPSA) is 21.7 Å². The fourth-order valence-electron chi connectivity index (χ4n) is 4.19. The Morgan fingerprint density at radius 3 is 1.49 bits per heavy atom. The average Bonchev–Trinajstić information content (AvgIpc) is 2.92. The molecule has 3 aromatic carbocycles. The second kappa shape index (κ2) is 15.9. The van der Waals surface area contributed by atoms with Gasteiger partial charge in [0.25, 0.3) is 0 Å². The zero-order valence-electron chi connectivity index (χ0n) is 23.1. The summed E-state index contributed by atoms with van der Waals surface area (Å²) in [5, 5.41) is 0. The van der Waals surface area contributed by atoms with Crippen molar-refractivity contribution in [3.63, 3.8) is 0 Å². The lowest BCUT2D eigenvalue weighted by Crippen LogP contribution is -2.10. The molecule has 0 aliphatic carbocycles. The first-order valence-electron chi connectivity index (χ1n) is 13.6. The lowest BCUT2D eigenvalue weighted by atomic mass is 10.1. The van der Waals surface area contributed by atoms with E-state index < -0.39 is 0 Å². The van der Waals surface area contributed by atoms with Gasteiger partial charge in [-0.25, -0.2) is 0 Å². The van der Waals surface area contributed by atoms with Crippen LogP contribution in [-0.4, -0.2) is 26.4 Å². The van der Waals surface area contributed by atoms with Crippen molar-refractivity contribution in [1.82, 2.24) is 0 Å². The molecule has 0 aliphatic rings. The van der Waals surface area contributed by atoms with E-state index in [2.05, 4.69) is 85.5 Å². The van der Waals surface area contributed by atoms with Gasteiger partial charge in [0.2, 0.25) is 0 Å². The normalized spacial score (nSPS) is 11.6. The minimum atomic E-state index is 0.698. The molecule has 0 atom stereocenters. The molecular weight excluding hydrogens is 454 g/mol. The fraction of sp³-hybridized carbons (Fsp3) is 0.353. The smallest absolute Gasteiger partial charge is 0.0647 e. The Hall–Kier alpha value is -3.14. The third kappa shape index (κ3) is 9.35. The number of benzene rings is 3. The van der Waals surface area contributed by atoms with E-state index in [1.807, 2.05) is 38.2 Å². The monoisotopic (exact) mass is 497 g/mol. The highest BCUT2D eigenvalue weighted by Crippen LogP contribution is 2.35. The molecule has 0 N–H and O–H groups in total. The van der Waals surface area contributed by atoms with Crippen molar-refractivity contribution in [3.8, 4) is 0 Å². The molecule has 0 heterocycles. The van der Waals surface area contributed by atoms with Crippen molar-refractivity contribution < 1.29 is 9.47 Å². The Bertz CT molecular complexity index is 1050. The summed E-state index contributed by atoms with van der Waals surface area (Å²) >= 11 is 0. The Balaban J connectivity index is 1.71. The Kier molecular flexibility index (Phi) is 12.2. The predicted octanol–water partition coefficient (Wildman–Crippen LogP) is 8.82. The molecule has 37 heavy (non-hydrogen) atoms. The number of hydrogen-bond acceptors (Lipinski definition) is 3. The first-order valence-corrected chi connectivity index (χ1v) is 13.6. The molecular formula is C34H43NO2. The zero-order chi connectivity index (χ0) is 26.3. The van der Waals surface area contributed by atoms with Gasteiger partial charge in [0.1, 0.15) is 0 Å². The summed E-state index contributed by atoms with van der Waals surface area (Å²) in [6.45, 7) is 11.4.